The van der Waals surface area contributed by atoms with Crippen molar-refractivity contribution in [3.8, 4) is 5.75 Å². The summed E-state index contributed by atoms with van der Waals surface area (Å²) < 4.78 is 11.3. The number of hydrogen-bond donors (Lipinski definition) is 1. The Morgan fingerprint density at radius 3 is 3.00 bits per heavy atom. The molecule has 1 aliphatic heterocycles. The molecule has 2 unspecified atom stereocenters. The fourth-order valence-electron chi connectivity index (χ4n) is 2.61. The first-order chi connectivity index (χ1) is 9.35. The molecule has 1 N–H and O–H groups in total. The molecular weight excluding hydrogens is 238 g/mol. The molecule has 0 bridgehead atoms. The predicted molar refractivity (Wildman–Crippen MR) is 77.6 cm³/mol. The monoisotopic (exact) mass is 263 g/mol. The third-order valence-electron chi connectivity index (χ3n) is 3.55. The molecule has 0 aromatic heterocycles. The van der Waals surface area contributed by atoms with Gasteiger partial charge in [0.25, 0.3) is 0 Å². The molecule has 106 valence electrons. The van der Waals surface area contributed by atoms with E-state index in [9.17, 15) is 0 Å². The van der Waals surface area contributed by atoms with Gasteiger partial charge in [0.1, 0.15) is 5.75 Å². The minimum Gasteiger partial charge on any atom is -0.494 e. The van der Waals surface area contributed by atoms with Crippen molar-refractivity contribution in [3.05, 3.63) is 29.8 Å². The second kappa shape index (κ2) is 7.51. The quantitative estimate of drug-likeness (QED) is 0.819. The predicted octanol–water partition coefficient (Wildman–Crippen LogP) is 3.16. The van der Waals surface area contributed by atoms with Crippen LogP contribution < -0.4 is 10.1 Å². The summed E-state index contributed by atoms with van der Waals surface area (Å²) in [5.74, 6) is 1.54. The van der Waals surface area contributed by atoms with Gasteiger partial charge in [-0.05, 0) is 37.1 Å². The van der Waals surface area contributed by atoms with Crippen molar-refractivity contribution < 1.29 is 9.47 Å². The van der Waals surface area contributed by atoms with E-state index < -0.39 is 0 Å². The van der Waals surface area contributed by atoms with E-state index in [-0.39, 0.29) is 0 Å². The lowest BCUT2D eigenvalue weighted by Gasteiger charge is -2.24. The van der Waals surface area contributed by atoms with Crippen LogP contribution in [0, 0.1) is 5.92 Å². The largest absolute Gasteiger partial charge is 0.494 e. The van der Waals surface area contributed by atoms with Crippen LogP contribution in [0.15, 0.2) is 24.3 Å². The van der Waals surface area contributed by atoms with Crippen LogP contribution in [0.3, 0.4) is 0 Å². The molecule has 2 atom stereocenters. The molecule has 0 aliphatic carbocycles. The van der Waals surface area contributed by atoms with Gasteiger partial charge in [-0.2, -0.15) is 0 Å². The maximum Gasteiger partial charge on any atom is 0.119 e. The Labute approximate surface area is 116 Å². The summed E-state index contributed by atoms with van der Waals surface area (Å²) in [5.41, 5.74) is 1.31. The summed E-state index contributed by atoms with van der Waals surface area (Å²) in [6.07, 6.45) is 2.18. The summed E-state index contributed by atoms with van der Waals surface area (Å²) in [4.78, 5) is 0. The first-order valence-corrected chi connectivity index (χ1v) is 7.39. The third kappa shape index (κ3) is 3.95. The van der Waals surface area contributed by atoms with E-state index in [0.29, 0.717) is 12.0 Å². The highest BCUT2D eigenvalue weighted by Gasteiger charge is 2.26. The average molecular weight is 263 g/mol. The topological polar surface area (TPSA) is 30.5 Å². The third-order valence-corrected chi connectivity index (χ3v) is 3.55. The van der Waals surface area contributed by atoms with Crippen molar-refractivity contribution in [2.24, 2.45) is 5.92 Å². The van der Waals surface area contributed by atoms with Crippen molar-refractivity contribution in [2.45, 2.75) is 32.7 Å². The second-order valence-electron chi connectivity index (χ2n) is 5.08. The molecule has 0 spiro atoms. The van der Waals surface area contributed by atoms with Gasteiger partial charge < -0.3 is 14.8 Å². The van der Waals surface area contributed by atoms with E-state index in [4.69, 9.17) is 9.47 Å². The molecule has 1 saturated heterocycles. The molecule has 1 heterocycles. The van der Waals surface area contributed by atoms with Crippen LogP contribution in [-0.4, -0.2) is 26.4 Å². The van der Waals surface area contributed by atoms with Gasteiger partial charge in [-0.15, -0.1) is 0 Å². The van der Waals surface area contributed by atoms with E-state index in [1.54, 1.807) is 0 Å². The van der Waals surface area contributed by atoms with Crippen LogP contribution >= 0.6 is 0 Å². The Morgan fingerprint density at radius 1 is 1.42 bits per heavy atom. The van der Waals surface area contributed by atoms with Gasteiger partial charge in [-0.3, -0.25) is 0 Å². The lowest BCUT2D eigenvalue weighted by Crippen LogP contribution is -2.28. The van der Waals surface area contributed by atoms with E-state index in [0.717, 1.165) is 45.0 Å². The van der Waals surface area contributed by atoms with Gasteiger partial charge in [0.2, 0.25) is 0 Å². The van der Waals surface area contributed by atoms with E-state index >= 15 is 0 Å². The fourth-order valence-corrected chi connectivity index (χ4v) is 2.61. The van der Waals surface area contributed by atoms with Crippen molar-refractivity contribution in [2.75, 3.05) is 26.4 Å². The molecular formula is C16H25NO2. The molecule has 0 saturated carbocycles. The summed E-state index contributed by atoms with van der Waals surface area (Å²) in [6.45, 7) is 7.78. The molecule has 2 rings (SSSR count). The van der Waals surface area contributed by atoms with Gasteiger partial charge in [0.05, 0.1) is 13.2 Å². The molecule has 1 aromatic rings. The molecule has 1 aromatic carbocycles. The average Bonchev–Trinajstić information content (AvgIpc) is 2.96. The van der Waals surface area contributed by atoms with E-state index in [2.05, 4.69) is 37.4 Å². The number of hydrogen-bond acceptors (Lipinski definition) is 3. The van der Waals surface area contributed by atoms with Crippen LogP contribution in [0.1, 0.15) is 38.3 Å². The van der Waals surface area contributed by atoms with Gasteiger partial charge >= 0.3 is 0 Å². The Bertz CT molecular complexity index is 375. The first kappa shape index (κ1) is 14.4. The number of benzene rings is 1. The minimum absolute atomic E-state index is 0.373. The van der Waals surface area contributed by atoms with E-state index in [1.165, 1.54) is 5.56 Å². The summed E-state index contributed by atoms with van der Waals surface area (Å²) >= 11 is 0. The Kier molecular flexibility index (Phi) is 5.67. The second-order valence-corrected chi connectivity index (χ2v) is 5.08. The summed E-state index contributed by atoms with van der Waals surface area (Å²) in [5, 5.41) is 3.59. The number of nitrogens with one attached hydrogen (secondary N) is 1. The zero-order valence-corrected chi connectivity index (χ0v) is 12.0. The summed E-state index contributed by atoms with van der Waals surface area (Å²) in [6, 6.07) is 8.84. The Balaban J connectivity index is 2.11. The maximum absolute atomic E-state index is 5.73. The van der Waals surface area contributed by atoms with Crippen LogP contribution in [0.5, 0.6) is 5.75 Å². The minimum atomic E-state index is 0.373. The molecule has 0 radical (unpaired) electrons. The summed E-state index contributed by atoms with van der Waals surface area (Å²) in [7, 11) is 0. The van der Waals surface area contributed by atoms with Gasteiger partial charge in [-0.1, -0.05) is 26.0 Å². The van der Waals surface area contributed by atoms with Crippen LogP contribution in [0.4, 0.5) is 0 Å². The highest BCUT2D eigenvalue weighted by molar-refractivity contribution is 5.31. The number of ether oxygens (including phenoxy) is 2. The normalized spacial score (nSPS) is 20.4. The van der Waals surface area contributed by atoms with E-state index in [1.807, 2.05) is 6.07 Å². The van der Waals surface area contributed by atoms with Gasteiger partial charge in [-0.25, -0.2) is 0 Å². The molecule has 19 heavy (non-hydrogen) atoms. The van der Waals surface area contributed by atoms with Crippen LogP contribution in [-0.2, 0) is 4.74 Å². The van der Waals surface area contributed by atoms with Crippen molar-refractivity contribution >= 4 is 0 Å². The highest BCUT2D eigenvalue weighted by Crippen LogP contribution is 2.30. The molecule has 3 nitrogen and oxygen atoms in total. The lowest BCUT2D eigenvalue weighted by atomic mass is 9.92. The lowest BCUT2D eigenvalue weighted by molar-refractivity contribution is 0.177. The first-order valence-electron chi connectivity index (χ1n) is 7.39. The SMILES string of the molecule is CCCOc1cccc(C(NCC)C2CCOC2)c1. The van der Waals surface area contributed by atoms with Crippen molar-refractivity contribution in [1.82, 2.24) is 5.32 Å². The Morgan fingerprint density at radius 2 is 2.32 bits per heavy atom. The van der Waals surface area contributed by atoms with Crippen LogP contribution in [0.2, 0.25) is 0 Å². The molecule has 0 amide bonds. The number of rotatable bonds is 7. The zero-order valence-electron chi connectivity index (χ0n) is 12.0. The van der Waals surface area contributed by atoms with Gasteiger partial charge in [0, 0.05) is 18.6 Å². The molecule has 1 aliphatic rings. The van der Waals surface area contributed by atoms with Gasteiger partial charge in [0.15, 0.2) is 0 Å². The van der Waals surface area contributed by atoms with Crippen LogP contribution in [0.25, 0.3) is 0 Å². The molecule has 3 heteroatoms. The highest BCUT2D eigenvalue weighted by atomic mass is 16.5. The zero-order chi connectivity index (χ0) is 13.5. The smallest absolute Gasteiger partial charge is 0.119 e. The standard InChI is InChI=1S/C16H25NO2/c1-3-9-19-15-7-5-6-13(11-15)16(17-4-2)14-8-10-18-12-14/h5-7,11,14,16-17H,3-4,8-10,12H2,1-2H3. The molecule has 1 fully saturated rings. The van der Waals surface area contributed by atoms with Crippen molar-refractivity contribution in [1.29, 1.82) is 0 Å². The van der Waals surface area contributed by atoms with Crippen molar-refractivity contribution in [3.63, 3.8) is 0 Å². The maximum atomic E-state index is 5.73. The fraction of sp³-hybridized carbons (Fsp3) is 0.625. The Hall–Kier alpha value is -1.06.